The summed E-state index contributed by atoms with van der Waals surface area (Å²) in [5, 5.41) is 12.1. The standard InChI is InChI=1S/C16H26N2.C10H9F3O2.C6H14/c1-3-13(4-2)7-5-9-15-11-10-14-8-6-12-17-16(14)18-15;1-6(9(14)15)7-2-4-8(5-3-7)10(11,12)13;1-4-6(3)5-2/h10-11,13H,3-9,12H2,1-2H3,(H,17,18);2-6H,1H3,(H,14,15);6H,4-5H2,1-3H3. The van der Waals surface area contributed by atoms with E-state index in [0.717, 1.165) is 42.8 Å². The summed E-state index contributed by atoms with van der Waals surface area (Å²) in [6.07, 6.45) is 7.08. The van der Waals surface area contributed by atoms with Crippen LogP contribution in [0.2, 0.25) is 0 Å². The fourth-order valence-electron chi connectivity index (χ4n) is 4.17. The van der Waals surface area contributed by atoms with E-state index < -0.39 is 23.6 Å². The lowest BCUT2D eigenvalue weighted by atomic mass is 9.96. The minimum atomic E-state index is -4.38. The highest BCUT2D eigenvalue weighted by Crippen LogP contribution is 2.30. The van der Waals surface area contributed by atoms with Gasteiger partial charge in [-0.2, -0.15) is 13.2 Å². The number of pyridine rings is 1. The Bertz CT molecular complexity index is 953. The molecule has 2 aromatic rings. The van der Waals surface area contributed by atoms with Gasteiger partial charge < -0.3 is 10.4 Å². The topological polar surface area (TPSA) is 62.2 Å². The number of hydrogen-bond donors (Lipinski definition) is 2. The molecule has 0 saturated heterocycles. The summed E-state index contributed by atoms with van der Waals surface area (Å²) in [7, 11) is 0. The molecule has 0 aliphatic carbocycles. The molecule has 0 bridgehead atoms. The predicted molar refractivity (Wildman–Crippen MR) is 155 cm³/mol. The van der Waals surface area contributed by atoms with Crippen LogP contribution in [0, 0.1) is 11.8 Å². The van der Waals surface area contributed by atoms with E-state index in [1.807, 2.05) is 0 Å². The van der Waals surface area contributed by atoms with Crippen LogP contribution >= 0.6 is 0 Å². The molecule has 7 heteroatoms. The van der Waals surface area contributed by atoms with Crippen LogP contribution in [0.3, 0.4) is 0 Å². The molecule has 4 nitrogen and oxygen atoms in total. The monoisotopic (exact) mass is 550 g/mol. The van der Waals surface area contributed by atoms with E-state index in [9.17, 15) is 18.0 Å². The Labute approximate surface area is 233 Å². The van der Waals surface area contributed by atoms with Gasteiger partial charge in [-0.1, -0.05) is 84.9 Å². The number of hydrogen-bond acceptors (Lipinski definition) is 3. The van der Waals surface area contributed by atoms with Gasteiger partial charge in [-0.3, -0.25) is 4.79 Å². The van der Waals surface area contributed by atoms with Crippen molar-refractivity contribution < 1.29 is 23.1 Å². The van der Waals surface area contributed by atoms with Gasteiger partial charge in [0.25, 0.3) is 0 Å². The number of carboxylic acid groups (broad SMARTS) is 1. The number of anilines is 1. The van der Waals surface area contributed by atoms with E-state index >= 15 is 0 Å². The lowest BCUT2D eigenvalue weighted by Crippen LogP contribution is -2.14. The highest BCUT2D eigenvalue weighted by molar-refractivity contribution is 5.75. The molecule has 1 aromatic carbocycles. The van der Waals surface area contributed by atoms with Gasteiger partial charge in [-0.15, -0.1) is 0 Å². The highest BCUT2D eigenvalue weighted by Gasteiger charge is 2.30. The Hall–Kier alpha value is -2.57. The van der Waals surface area contributed by atoms with Gasteiger partial charge in [0.1, 0.15) is 5.82 Å². The first kappa shape index (κ1) is 34.5. The molecular weight excluding hydrogens is 501 g/mol. The molecular formula is C32H49F3N2O2. The molecule has 39 heavy (non-hydrogen) atoms. The van der Waals surface area contributed by atoms with Crippen LogP contribution in [0.5, 0.6) is 0 Å². The zero-order chi connectivity index (χ0) is 29.4. The number of aryl methyl sites for hydroxylation is 2. The van der Waals surface area contributed by atoms with Crippen LogP contribution in [-0.4, -0.2) is 22.6 Å². The van der Waals surface area contributed by atoms with Gasteiger partial charge in [0.2, 0.25) is 0 Å². The van der Waals surface area contributed by atoms with Crippen molar-refractivity contribution in [2.24, 2.45) is 11.8 Å². The van der Waals surface area contributed by atoms with Crippen LogP contribution in [0.4, 0.5) is 19.0 Å². The van der Waals surface area contributed by atoms with Crippen molar-refractivity contribution in [1.29, 1.82) is 0 Å². The second-order valence-electron chi connectivity index (χ2n) is 10.5. The van der Waals surface area contributed by atoms with Gasteiger partial charge in [-0.05, 0) is 73.8 Å². The number of nitrogens with one attached hydrogen (secondary N) is 1. The number of alkyl halides is 3. The third-order valence-electron chi connectivity index (χ3n) is 7.65. The van der Waals surface area contributed by atoms with E-state index in [0.29, 0.717) is 5.56 Å². The average molecular weight is 551 g/mol. The number of nitrogens with zero attached hydrogens (tertiary/aromatic N) is 1. The predicted octanol–water partition coefficient (Wildman–Crippen LogP) is 9.53. The Balaban J connectivity index is 0.000000328. The Kier molecular flexibility index (Phi) is 15.8. The average Bonchev–Trinajstić information content (AvgIpc) is 2.94. The van der Waals surface area contributed by atoms with Crippen LogP contribution in [0.15, 0.2) is 36.4 Å². The molecule has 1 atom stereocenters. The van der Waals surface area contributed by atoms with E-state index in [4.69, 9.17) is 10.1 Å². The molecule has 0 saturated carbocycles. The summed E-state index contributed by atoms with van der Waals surface area (Å²) in [6, 6.07) is 8.62. The van der Waals surface area contributed by atoms with E-state index in [-0.39, 0.29) is 0 Å². The second kappa shape index (κ2) is 17.9. The molecule has 1 unspecified atom stereocenters. The van der Waals surface area contributed by atoms with Crippen LogP contribution in [0.1, 0.15) is 115 Å². The SMILES string of the molecule is CC(C(=O)O)c1ccc(C(F)(F)F)cc1.CCC(C)CC.CCC(CC)CCCc1ccc2c(n1)NCCC2. The summed E-state index contributed by atoms with van der Waals surface area (Å²) in [6.45, 7) is 13.8. The number of aromatic nitrogens is 1. The van der Waals surface area contributed by atoms with Crippen LogP contribution in [-0.2, 0) is 23.8 Å². The number of carboxylic acids is 1. The van der Waals surface area contributed by atoms with E-state index in [2.05, 4.69) is 52.1 Å². The van der Waals surface area contributed by atoms with Gasteiger partial charge in [-0.25, -0.2) is 4.98 Å². The Morgan fingerprint density at radius 2 is 1.59 bits per heavy atom. The molecule has 0 radical (unpaired) electrons. The minimum absolute atomic E-state index is 0.357. The van der Waals surface area contributed by atoms with Crippen molar-refractivity contribution in [2.75, 3.05) is 11.9 Å². The molecule has 0 spiro atoms. The molecule has 1 aliphatic heterocycles. The minimum Gasteiger partial charge on any atom is -0.481 e. The molecule has 0 amide bonds. The molecule has 1 aromatic heterocycles. The van der Waals surface area contributed by atoms with Crippen molar-refractivity contribution in [2.45, 2.75) is 111 Å². The van der Waals surface area contributed by atoms with Crippen molar-refractivity contribution in [3.63, 3.8) is 0 Å². The highest BCUT2D eigenvalue weighted by atomic mass is 19.4. The third-order valence-corrected chi connectivity index (χ3v) is 7.65. The lowest BCUT2D eigenvalue weighted by Gasteiger charge is -2.17. The first-order valence-corrected chi connectivity index (χ1v) is 14.6. The van der Waals surface area contributed by atoms with Gasteiger partial charge in [0.05, 0.1) is 11.5 Å². The van der Waals surface area contributed by atoms with E-state index in [1.165, 1.54) is 81.7 Å². The van der Waals surface area contributed by atoms with Crippen molar-refractivity contribution in [3.8, 4) is 0 Å². The number of halogens is 3. The molecule has 2 N–H and O–H groups in total. The maximum atomic E-state index is 12.2. The first-order chi connectivity index (χ1) is 18.5. The van der Waals surface area contributed by atoms with Gasteiger partial charge >= 0.3 is 12.1 Å². The largest absolute Gasteiger partial charge is 0.481 e. The van der Waals surface area contributed by atoms with Gasteiger partial charge in [0.15, 0.2) is 0 Å². The molecule has 220 valence electrons. The number of benzene rings is 1. The fraction of sp³-hybridized carbons (Fsp3) is 0.625. The normalized spacial score (nSPS) is 13.4. The number of carbonyl (C=O) groups is 1. The van der Waals surface area contributed by atoms with Gasteiger partial charge in [0, 0.05) is 12.2 Å². The lowest BCUT2D eigenvalue weighted by molar-refractivity contribution is -0.138. The third kappa shape index (κ3) is 12.9. The maximum Gasteiger partial charge on any atom is 0.416 e. The second-order valence-corrected chi connectivity index (χ2v) is 10.5. The summed E-state index contributed by atoms with van der Waals surface area (Å²) < 4.78 is 36.5. The number of rotatable bonds is 10. The fourth-order valence-corrected chi connectivity index (χ4v) is 4.17. The smallest absolute Gasteiger partial charge is 0.416 e. The molecule has 2 heterocycles. The summed E-state index contributed by atoms with van der Waals surface area (Å²) in [4.78, 5) is 15.3. The Morgan fingerprint density at radius 3 is 2.08 bits per heavy atom. The maximum absolute atomic E-state index is 12.2. The summed E-state index contributed by atoms with van der Waals surface area (Å²) in [5.41, 5.74) is 2.23. The van der Waals surface area contributed by atoms with Crippen molar-refractivity contribution >= 4 is 11.8 Å². The number of aliphatic carboxylic acids is 1. The first-order valence-electron chi connectivity index (χ1n) is 14.6. The van der Waals surface area contributed by atoms with Crippen molar-refractivity contribution in [3.05, 3.63) is 58.8 Å². The number of fused-ring (bicyclic) bond motifs is 1. The quantitative estimate of drug-likeness (QED) is 0.309. The summed E-state index contributed by atoms with van der Waals surface area (Å²) >= 11 is 0. The summed E-state index contributed by atoms with van der Waals surface area (Å²) in [5.74, 6) is 1.12. The Morgan fingerprint density at radius 1 is 0.974 bits per heavy atom. The van der Waals surface area contributed by atoms with Crippen LogP contribution < -0.4 is 5.32 Å². The molecule has 3 rings (SSSR count). The van der Waals surface area contributed by atoms with Crippen LogP contribution in [0.25, 0.3) is 0 Å². The molecule has 0 fully saturated rings. The zero-order valence-corrected chi connectivity index (χ0v) is 24.7. The van der Waals surface area contributed by atoms with Crippen molar-refractivity contribution in [1.82, 2.24) is 4.98 Å². The molecule has 1 aliphatic rings. The van der Waals surface area contributed by atoms with E-state index in [1.54, 1.807) is 0 Å². The zero-order valence-electron chi connectivity index (χ0n) is 24.7.